The highest BCUT2D eigenvalue weighted by Gasteiger charge is 2.10. The summed E-state index contributed by atoms with van der Waals surface area (Å²) in [7, 11) is 0. The number of nitrogens with one attached hydrogen (secondary N) is 1. The summed E-state index contributed by atoms with van der Waals surface area (Å²) in [5.74, 6) is 1.69. The Hall–Kier alpha value is -1.37. The van der Waals surface area contributed by atoms with Crippen LogP contribution in [-0.2, 0) is 6.42 Å². The molecule has 0 spiro atoms. The number of nitrogens with zero attached hydrogens (tertiary/aromatic N) is 3. The molecule has 5 nitrogen and oxygen atoms in total. The van der Waals surface area contributed by atoms with Gasteiger partial charge in [-0.05, 0) is 42.3 Å². The first-order valence-corrected chi connectivity index (χ1v) is 9.41. The molecule has 136 valence electrons. The number of rotatable bonds is 8. The van der Waals surface area contributed by atoms with Gasteiger partial charge in [-0.3, -0.25) is 5.10 Å². The second kappa shape index (κ2) is 9.36. The van der Waals surface area contributed by atoms with E-state index in [-0.39, 0.29) is 0 Å². The molecule has 0 saturated carbocycles. The summed E-state index contributed by atoms with van der Waals surface area (Å²) in [6.45, 7) is 6.81. The number of benzene rings is 1. The van der Waals surface area contributed by atoms with Gasteiger partial charge in [-0.25, -0.2) is 0 Å². The third-order valence-electron chi connectivity index (χ3n) is 3.38. The van der Waals surface area contributed by atoms with E-state index < -0.39 is 0 Å². The van der Waals surface area contributed by atoms with Crippen LogP contribution >= 0.6 is 35.4 Å². The summed E-state index contributed by atoms with van der Waals surface area (Å²) in [5, 5.41) is 12.3. The van der Waals surface area contributed by atoms with Gasteiger partial charge < -0.3 is 4.74 Å². The monoisotopic (exact) mass is 400 g/mol. The number of halogens is 2. The lowest BCUT2D eigenvalue weighted by Crippen LogP contribution is -2.05. The van der Waals surface area contributed by atoms with Gasteiger partial charge in [0, 0.05) is 6.42 Å². The van der Waals surface area contributed by atoms with Crippen LogP contribution in [0.1, 0.15) is 45.0 Å². The van der Waals surface area contributed by atoms with E-state index in [9.17, 15) is 0 Å². The smallest absolute Gasteiger partial charge is 0.216 e. The van der Waals surface area contributed by atoms with Crippen LogP contribution in [-0.4, -0.2) is 27.7 Å². The van der Waals surface area contributed by atoms with Crippen molar-refractivity contribution in [1.82, 2.24) is 14.9 Å². The predicted octanol–water partition coefficient (Wildman–Crippen LogP) is 5.51. The van der Waals surface area contributed by atoms with E-state index in [1.807, 2.05) is 0 Å². The van der Waals surface area contributed by atoms with Gasteiger partial charge >= 0.3 is 0 Å². The van der Waals surface area contributed by atoms with Crippen molar-refractivity contribution < 1.29 is 4.74 Å². The molecule has 1 aromatic heterocycles. The molecule has 1 aromatic carbocycles. The van der Waals surface area contributed by atoms with Crippen LogP contribution in [0.15, 0.2) is 17.2 Å². The number of aromatic amines is 1. The third-order valence-corrected chi connectivity index (χ3v) is 4.20. The summed E-state index contributed by atoms with van der Waals surface area (Å²) in [6, 6.07) is 3.53. The largest absolute Gasteiger partial charge is 0.490 e. The van der Waals surface area contributed by atoms with Crippen molar-refractivity contribution in [3.8, 4) is 5.75 Å². The highest BCUT2D eigenvalue weighted by atomic mass is 35.5. The van der Waals surface area contributed by atoms with Gasteiger partial charge in [0.25, 0.3) is 0 Å². The lowest BCUT2D eigenvalue weighted by atomic mass is 10.2. The Bertz CT molecular complexity index is 775. The number of hydrogen-bond donors (Lipinski definition) is 1. The van der Waals surface area contributed by atoms with Gasteiger partial charge in [0.15, 0.2) is 11.6 Å². The van der Waals surface area contributed by atoms with E-state index in [1.54, 1.807) is 23.0 Å². The van der Waals surface area contributed by atoms with Gasteiger partial charge in [-0.2, -0.15) is 14.9 Å². The zero-order valence-electron chi connectivity index (χ0n) is 14.6. The first-order chi connectivity index (χ1) is 11.9. The lowest BCUT2D eigenvalue weighted by Gasteiger charge is -2.12. The molecule has 8 heteroatoms. The summed E-state index contributed by atoms with van der Waals surface area (Å²) >= 11 is 17.8. The minimum atomic E-state index is 0.387. The van der Waals surface area contributed by atoms with E-state index >= 15 is 0 Å². The molecule has 0 aliphatic carbocycles. The maximum atomic E-state index is 6.29. The topological polar surface area (TPSA) is 55.2 Å². The van der Waals surface area contributed by atoms with Gasteiger partial charge in [-0.1, -0.05) is 50.4 Å². The van der Waals surface area contributed by atoms with Crippen molar-refractivity contribution in [3.05, 3.63) is 38.3 Å². The van der Waals surface area contributed by atoms with Crippen molar-refractivity contribution >= 4 is 41.6 Å². The number of hydrogen-bond acceptors (Lipinski definition) is 4. The van der Waals surface area contributed by atoms with Crippen molar-refractivity contribution in [3.63, 3.8) is 0 Å². The molecule has 2 rings (SSSR count). The van der Waals surface area contributed by atoms with Crippen LogP contribution in [0.2, 0.25) is 10.0 Å². The quantitative estimate of drug-likeness (QED) is 0.469. The second-order valence-electron chi connectivity index (χ2n) is 6.12. The Labute approximate surface area is 163 Å². The molecule has 0 atom stereocenters. The van der Waals surface area contributed by atoms with Crippen LogP contribution in [0.5, 0.6) is 5.75 Å². The lowest BCUT2D eigenvalue weighted by molar-refractivity contribution is 0.271. The van der Waals surface area contributed by atoms with Crippen LogP contribution in [0.3, 0.4) is 0 Å². The molecule has 25 heavy (non-hydrogen) atoms. The summed E-state index contributed by atoms with van der Waals surface area (Å²) in [5.41, 5.74) is 0.761. The number of H-pyrrole nitrogens is 1. The molecule has 1 heterocycles. The van der Waals surface area contributed by atoms with E-state index in [4.69, 9.17) is 40.2 Å². The van der Waals surface area contributed by atoms with Crippen LogP contribution < -0.4 is 4.74 Å². The van der Waals surface area contributed by atoms with E-state index in [2.05, 4.69) is 36.1 Å². The fraction of sp³-hybridized carbons (Fsp3) is 0.471. The fourth-order valence-electron chi connectivity index (χ4n) is 2.11. The number of ether oxygens (including phenoxy) is 1. The molecule has 2 aromatic rings. The van der Waals surface area contributed by atoms with E-state index in [0.29, 0.717) is 33.1 Å². The molecule has 0 fully saturated rings. The van der Waals surface area contributed by atoms with Crippen molar-refractivity contribution in [2.75, 3.05) is 6.61 Å². The zero-order chi connectivity index (χ0) is 18.4. The van der Waals surface area contributed by atoms with Gasteiger partial charge in [0.2, 0.25) is 4.77 Å². The van der Waals surface area contributed by atoms with Gasteiger partial charge in [0.05, 0.1) is 22.9 Å². The molecule has 0 aliphatic heterocycles. The SMILES string of the molecule is CCCCc1n[nH]c(=S)n1/N=C\c1cc(Cl)c(OCC(C)C)c(Cl)c1. The van der Waals surface area contributed by atoms with Crippen LogP contribution in [0.4, 0.5) is 0 Å². The molecule has 0 unspecified atom stereocenters. The number of unbranched alkanes of at least 4 members (excludes halogenated alkanes) is 1. The minimum Gasteiger partial charge on any atom is -0.490 e. The highest BCUT2D eigenvalue weighted by Crippen LogP contribution is 2.34. The van der Waals surface area contributed by atoms with Crippen LogP contribution in [0, 0.1) is 10.7 Å². The zero-order valence-corrected chi connectivity index (χ0v) is 16.9. The Balaban J connectivity index is 2.22. The maximum Gasteiger partial charge on any atom is 0.216 e. The first kappa shape index (κ1) is 19.9. The molecule has 0 amide bonds. The average Bonchev–Trinajstić information content (AvgIpc) is 2.90. The summed E-state index contributed by atoms with van der Waals surface area (Å²) < 4.78 is 7.75. The number of aryl methyl sites for hydroxylation is 1. The number of aromatic nitrogens is 3. The molecule has 0 aliphatic rings. The third kappa shape index (κ3) is 5.56. The van der Waals surface area contributed by atoms with Crippen molar-refractivity contribution in [2.24, 2.45) is 11.0 Å². The Morgan fingerprint density at radius 3 is 2.64 bits per heavy atom. The van der Waals surface area contributed by atoms with E-state index in [0.717, 1.165) is 30.7 Å². The molecular formula is C17H22Cl2N4OS. The Kier molecular flexibility index (Phi) is 7.47. The first-order valence-electron chi connectivity index (χ1n) is 8.24. The van der Waals surface area contributed by atoms with Crippen LogP contribution in [0.25, 0.3) is 0 Å². The summed E-state index contributed by atoms with van der Waals surface area (Å²) in [4.78, 5) is 0. The van der Waals surface area contributed by atoms with E-state index in [1.165, 1.54) is 0 Å². The predicted molar refractivity (Wildman–Crippen MR) is 106 cm³/mol. The minimum absolute atomic E-state index is 0.387. The van der Waals surface area contributed by atoms with Crippen molar-refractivity contribution in [1.29, 1.82) is 0 Å². The molecular weight excluding hydrogens is 379 g/mol. The highest BCUT2D eigenvalue weighted by molar-refractivity contribution is 7.71. The fourth-order valence-corrected chi connectivity index (χ4v) is 2.92. The Morgan fingerprint density at radius 2 is 2.04 bits per heavy atom. The normalized spacial score (nSPS) is 11.6. The average molecular weight is 401 g/mol. The standard InChI is InChI=1S/C17H22Cl2N4OS/c1-4-5-6-15-21-22-17(25)23(15)20-9-12-7-13(18)16(14(19)8-12)24-10-11(2)3/h7-9,11H,4-6,10H2,1-3H3,(H,22,25)/b20-9-. The van der Waals surface area contributed by atoms with Gasteiger partial charge in [0.1, 0.15) is 0 Å². The summed E-state index contributed by atoms with van der Waals surface area (Å²) in [6.07, 6.45) is 4.57. The van der Waals surface area contributed by atoms with Crippen molar-refractivity contribution in [2.45, 2.75) is 40.0 Å². The molecule has 0 bridgehead atoms. The molecule has 1 N–H and O–H groups in total. The maximum absolute atomic E-state index is 6.29. The molecule has 0 radical (unpaired) electrons. The molecule has 0 saturated heterocycles. The Morgan fingerprint density at radius 1 is 1.36 bits per heavy atom. The van der Waals surface area contributed by atoms with Gasteiger partial charge in [-0.15, -0.1) is 0 Å². The second-order valence-corrected chi connectivity index (χ2v) is 7.32.